The molecule has 3 aliphatic heterocycles. The predicted octanol–water partition coefficient (Wildman–Crippen LogP) is 2.91. The number of aliphatic hydroxyl groups is 2. The SMILES string of the molecule is CC(C)[Si]1(C(C)C)OC[C@H]2O[C@H]3n4c(nc5c(N)ncnc54)C[C@@H](O)[C@@]3(O)[C@@H]2O[Si](C(C)C)(C(C)C)O1. The van der Waals surface area contributed by atoms with Gasteiger partial charge in [-0.1, -0.05) is 55.4 Å². The van der Waals surface area contributed by atoms with E-state index in [9.17, 15) is 10.2 Å². The summed E-state index contributed by atoms with van der Waals surface area (Å²) in [6.07, 6.45) is -2.20. The molecule has 11 nitrogen and oxygen atoms in total. The molecule has 0 saturated carbocycles. The van der Waals surface area contributed by atoms with Gasteiger partial charge in [-0.15, -0.1) is 0 Å². The van der Waals surface area contributed by atoms with Gasteiger partial charge >= 0.3 is 17.1 Å². The van der Waals surface area contributed by atoms with Crippen molar-refractivity contribution in [1.29, 1.82) is 0 Å². The van der Waals surface area contributed by atoms with Crippen molar-refractivity contribution in [2.45, 2.75) is 114 Å². The molecule has 4 N–H and O–H groups in total. The van der Waals surface area contributed by atoms with E-state index in [1.54, 1.807) is 4.57 Å². The van der Waals surface area contributed by atoms with Gasteiger partial charge in [0.2, 0.25) is 0 Å². The van der Waals surface area contributed by atoms with E-state index < -0.39 is 47.3 Å². The minimum Gasteiger partial charge on any atom is -0.414 e. The van der Waals surface area contributed by atoms with Crippen molar-refractivity contribution >= 4 is 34.1 Å². The van der Waals surface area contributed by atoms with E-state index >= 15 is 0 Å². The number of imidazole rings is 1. The number of aromatic nitrogens is 4. The molecule has 0 bridgehead atoms. The van der Waals surface area contributed by atoms with Crippen LogP contribution in [0.25, 0.3) is 11.2 Å². The Balaban J connectivity index is 1.67. The van der Waals surface area contributed by atoms with E-state index in [0.717, 1.165) is 0 Å². The van der Waals surface area contributed by atoms with Crippen LogP contribution in [0.1, 0.15) is 67.4 Å². The van der Waals surface area contributed by atoms with E-state index in [2.05, 4.69) is 70.3 Å². The zero-order chi connectivity index (χ0) is 27.1. The second-order valence-electron chi connectivity index (χ2n) is 12.0. The van der Waals surface area contributed by atoms with Gasteiger partial charge in [0.15, 0.2) is 28.8 Å². The lowest BCUT2D eigenvalue weighted by Gasteiger charge is -2.52. The van der Waals surface area contributed by atoms with Crippen LogP contribution in [-0.4, -0.2) is 77.4 Å². The van der Waals surface area contributed by atoms with Crippen LogP contribution in [0, 0.1) is 0 Å². The second kappa shape index (κ2) is 9.05. The summed E-state index contributed by atoms with van der Waals surface area (Å²) in [4.78, 5) is 13.0. The van der Waals surface area contributed by atoms with Gasteiger partial charge in [-0.25, -0.2) is 15.0 Å². The van der Waals surface area contributed by atoms with Crippen molar-refractivity contribution in [1.82, 2.24) is 19.5 Å². The fourth-order valence-corrected chi connectivity index (χ4v) is 17.8. The van der Waals surface area contributed by atoms with Gasteiger partial charge in [-0.05, 0) is 22.2 Å². The number of ether oxygens (including phenoxy) is 1. The van der Waals surface area contributed by atoms with E-state index in [0.29, 0.717) is 17.0 Å². The number of hydrogen-bond acceptors (Lipinski definition) is 10. The molecule has 206 valence electrons. The number of nitrogens with zero attached hydrogens (tertiary/aromatic N) is 4. The first-order valence-electron chi connectivity index (χ1n) is 13.3. The highest BCUT2D eigenvalue weighted by molar-refractivity contribution is 6.84. The maximum absolute atomic E-state index is 12.3. The molecule has 5 heterocycles. The average Bonchev–Trinajstić information content (AvgIpc) is 3.29. The molecular formula is C24H41N5O6Si2. The zero-order valence-corrected chi connectivity index (χ0v) is 25.0. The monoisotopic (exact) mass is 551 g/mol. The maximum Gasteiger partial charge on any atom is 0.335 e. The Hall–Kier alpha value is -1.46. The molecule has 0 aromatic carbocycles. The molecule has 0 radical (unpaired) electrons. The smallest absolute Gasteiger partial charge is 0.335 e. The standard InChI is InChI=1S/C24H41N5O6Si2/c1-12(2)36(13(3)4)32-10-16-20(34-37(35-36,14(5)6)15(7)8)24(31)17(30)9-18-28-19-21(25)26-11-27-22(19)29(18)23(24)33-16/h11-17,20,23,30-31H,9-10H2,1-8H3,(H2,25,26,27)/t16-,17-,20-,23-,24-/m1/s1. The number of fused-ring (bicyclic) bond motifs is 7. The molecule has 2 aromatic rings. The Morgan fingerprint density at radius 1 is 1.03 bits per heavy atom. The largest absolute Gasteiger partial charge is 0.414 e. The summed E-state index contributed by atoms with van der Waals surface area (Å²) >= 11 is 0. The zero-order valence-electron chi connectivity index (χ0n) is 23.0. The molecule has 0 spiro atoms. The average molecular weight is 552 g/mol. The summed E-state index contributed by atoms with van der Waals surface area (Å²) < 4.78 is 29.5. The molecule has 37 heavy (non-hydrogen) atoms. The van der Waals surface area contributed by atoms with Crippen molar-refractivity contribution in [2.24, 2.45) is 0 Å². The van der Waals surface area contributed by atoms with Crippen LogP contribution in [0.5, 0.6) is 0 Å². The summed E-state index contributed by atoms with van der Waals surface area (Å²) in [5.74, 6) is 0.762. The van der Waals surface area contributed by atoms with Gasteiger partial charge in [0.1, 0.15) is 24.4 Å². The van der Waals surface area contributed by atoms with Gasteiger partial charge in [0.25, 0.3) is 0 Å². The molecule has 13 heteroatoms. The Morgan fingerprint density at radius 2 is 1.65 bits per heavy atom. The topological polar surface area (TPSA) is 147 Å². The normalized spacial score (nSPS) is 33.0. The van der Waals surface area contributed by atoms with Crippen LogP contribution in [0.15, 0.2) is 6.33 Å². The van der Waals surface area contributed by atoms with Crippen molar-refractivity contribution in [2.75, 3.05) is 12.3 Å². The lowest BCUT2D eigenvalue weighted by molar-refractivity contribution is -0.180. The van der Waals surface area contributed by atoms with Crippen molar-refractivity contribution < 1.29 is 27.9 Å². The Labute approximate surface area is 220 Å². The number of aliphatic hydroxyl groups excluding tert-OH is 1. The highest BCUT2D eigenvalue weighted by Crippen LogP contribution is 2.53. The summed E-state index contributed by atoms with van der Waals surface area (Å²) in [5, 5.41) is 23.7. The minimum atomic E-state index is -3.04. The molecule has 0 amide bonds. The first-order valence-corrected chi connectivity index (χ1v) is 17.3. The highest BCUT2D eigenvalue weighted by Gasteiger charge is 2.69. The van der Waals surface area contributed by atoms with E-state index in [1.807, 2.05) is 0 Å². The molecule has 5 rings (SSSR count). The summed E-state index contributed by atoms with van der Waals surface area (Å²) in [6, 6.07) is 0. The molecule has 0 aliphatic carbocycles. The van der Waals surface area contributed by atoms with Crippen LogP contribution in [0.2, 0.25) is 22.2 Å². The first-order chi connectivity index (χ1) is 17.3. The summed E-state index contributed by atoms with van der Waals surface area (Å²) in [6.45, 7) is 17.3. The van der Waals surface area contributed by atoms with Crippen molar-refractivity contribution in [3.05, 3.63) is 12.2 Å². The molecule has 2 saturated heterocycles. The number of rotatable bonds is 4. The number of nitrogens with two attached hydrogens (primary N) is 1. The maximum atomic E-state index is 12.3. The van der Waals surface area contributed by atoms with Crippen LogP contribution < -0.4 is 5.73 Å². The number of hydrogen-bond donors (Lipinski definition) is 3. The Bertz CT molecular complexity index is 1160. The fraction of sp³-hybridized carbons (Fsp3) is 0.792. The van der Waals surface area contributed by atoms with Gasteiger partial charge in [-0.2, -0.15) is 0 Å². The number of nitrogen functional groups attached to an aromatic ring is 1. The fourth-order valence-electron chi connectivity index (χ4n) is 6.53. The lowest BCUT2D eigenvalue weighted by Crippen LogP contribution is -2.69. The molecule has 3 aliphatic rings. The molecular weight excluding hydrogens is 510 g/mol. The van der Waals surface area contributed by atoms with Gasteiger partial charge in [0, 0.05) is 6.42 Å². The van der Waals surface area contributed by atoms with Crippen LogP contribution in [0.3, 0.4) is 0 Å². The Morgan fingerprint density at radius 3 is 2.24 bits per heavy atom. The Kier molecular flexibility index (Phi) is 6.63. The summed E-state index contributed by atoms with van der Waals surface area (Å²) in [7, 11) is -5.83. The quantitative estimate of drug-likeness (QED) is 0.485. The van der Waals surface area contributed by atoms with Crippen LogP contribution in [0.4, 0.5) is 5.82 Å². The lowest BCUT2D eigenvalue weighted by atomic mass is 9.84. The van der Waals surface area contributed by atoms with Gasteiger partial charge in [0.05, 0.1) is 12.7 Å². The molecule has 2 fully saturated rings. The number of anilines is 1. The molecule has 0 unspecified atom stereocenters. The van der Waals surface area contributed by atoms with Crippen LogP contribution >= 0.6 is 0 Å². The first kappa shape index (κ1) is 27.1. The predicted molar refractivity (Wildman–Crippen MR) is 142 cm³/mol. The summed E-state index contributed by atoms with van der Waals surface area (Å²) in [5.41, 5.74) is 5.68. The second-order valence-corrected chi connectivity index (χ2v) is 20.8. The van der Waals surface area contributed by atoms with E-state index in [-0.39, 0.29) is 41.0 Å². The third-order valence-electron chi connectivity index (χ3n) is 8.54. The van der Waals surface area contributed by atoms with Gasteiger partial charge < -0.3 is 33.7 Å². The van der Waals surface area contributed by atoms with Gasteiger partial charge in [-0.3, -0.25) is 4.57 Å². The van der Waals surface area contributed by atoms with Crippen molar-refractivity contribution in [3.63, 3.8) is 0 Å². The third kappa shape index (κ3) is 3.69. The van der Waals surface area contributed by atoms with Crippen molar-refractivity contribution in [3.8, 4) is 0 Å². The minimum absolute atomic E-state index is 0.0692. The highest BCUT2D eigenvalue weighted by atomic mass is 28.5. The molecule has 2 aromatic heterocycles. The molecule has 5 atom stereocenters. The van der Waals surface area contributed by atoms with Crippen LogP contribution in [-0.2, 0) is 24.1 Å². The van der Waals surface area contributed by atoms with E-state index in [4.69, 9.17) is 23.4 Å². The third-order valence-corrected chi connectivity index (χ3v) is 18.8. The van der Waals surface area contributed by atoms with E-state index in [1.165, 1.54) is 6.33 Å².